The van der Waals surface area contributed by atoms with E-state index in [-0.39, 0.29) is 24.4 Å². The fourth-order valence-corrected chi connectivity index (χ4v) is 1.79. The second-order valence-electron chi connectivity index (χ2n) is 5.27. The number of aliphatic carboxylic acids is 1. The van der Waals surface area contributed by atoms with E-state index in [1.165, 1.54) is 0 Å². The van der Waals surface area contributed by atoms with Gasteiger partial charge in [0.15, 0.2) is 0 Å². The van der Waals surface area contributed by atoms with Gasteiger partial charge in [0.05, 0.1) is 11.6 Å². The first kappa shape index (κ1) is 16.7. The predicted molar refractivity (Wildman–Crippen MR) is 68.3 cm³/mol. The van der Waals surface area contributed by atoms with E-state index < -0.39 is 11.6 Å². The van der Waals surface area contributed by atoms with Gasteiger partial charge in [-0.1, -0.05) is 13.8 Å². The molecule has 0 saturated carbocycles. The summed E-state index contributed by atoms with van der Waals surface area (Å²) in [7, 11) is 0. The molecule has 0 aliphatic heterocycles. The van der Waals surface area contributed by atoms with Crippen LogP contribution in [0.1, 0.15) is 40.5 Å². The standard InChI is InChI=1S/C12H24N2O4/c1-8(2)10(12(3,4)18)14-11(17)13-7-5-6-9(15)16/h8,10,18H,5-7H2,1-4H3,(H,15,16)(H2,13,14,17)/t10-/m0/s1. The van der Waals surface area contributed by atoms with Crippen LogP contribution in [-0.4, -0.2) is 40.4 Å². The van der Waals surface area contributed by atoms with E-state index in [0.29, 0.717) is 13.0 Å². The molecule has 0 aromatic heterocycles. The fourth-order valence-electron chi connectivity index (χ4n) is 1.79. The Morgan fingerprint density at radius 3 is 2.22 bits per heavy atom. The van der Waals surface area contributed by atoms with E-state index in [9.17, 15) is 14.7 Å². The highest BCUT2D eigenvalue weighted by atomic mass is 16.4. The third kappa shape index (κ3) is 7.11. The van der Waals surface area contributed by atoms with Gasteiger partial charge in [-0.3, -0.25) is 4.79 Å². The molecule has 0 aromatic rings. The number of carbonyl (C=O) groups excluding carboxylic acids is 1. The van der Waals surface area contributed by atoms with Gasteiger partial charge in [-0.15, -0.1) is 0 Å². The topological polar surface area (TPSA) is 98.7 Å². The number of carboxylic acids is 1. The van der Waals surface area contributed by atoms with Gasteiger partial charge in [-0.25, -0.2) is 4.79 Å². The van der Waals surface area contributed by atoms with Crippen LogP contribution in [0.2, 0.25) is 0 Å². The number of hydrogen-bond acceptors (Lipinski definition) is 3. The van der Waals surface area contributed by atoms with E-state index in [0.717, 1.165) is 0 Å². The number of carboxylic acid groups (broad SMARTS) is 1. The summed E-state index contributed by atoms with van der Waals surface area (Å²) >= 11 is 0. The molecule has 0 radical (unpaired) electrons. The highest BCUT2D eigenvalue weighted by Gasteiger charge is 2.30. The van der Waals surface area contributed by atoms with Crippen LogP contribution in [0, 0.1) is 5.92 Å². The maximum Gasteiger partial charge on any atom is 0.315 e. The molecular weight excluding hydrogens is 236 g/mol. The largest absolute Gasteiger partial charge is 0.481 e. The molecule has 1 atom stereocenters. The smallest absolute Gasteiger partial charge is 0.315 e. The number of hydrogen-bond donors (Lipinski definition) is 4. The summed E-state index contributed by atoms with van der Waals surface area (Å²) in [5.74, 6) is -0.788. The van der Waals surface area contributed by atoms with Crippen molar-refractivity contribution in [1.29, 1.82) is 0 Å². The third-order valence-corrected chi connectivity index (χ3v) is 2.57. The van der Waals surface area contributed by atoms with Crippen LogP contribution in [0.5, 0.6) is 0 Å². The fraction of sp³-hybridized carbons (Fsp3) is 0.833. The van der Waals surface area contributed by atoms with Crippen molar-refractivity contribution in [2.45, 2.75) is 52.2 Å². The molecule has 106 valence electrons. The quantitative estimate of drug-likeness (QED) is 0.512. The first-order valence-electron chi connectivity index (χ1n) is 6.13. The summed E-state index contributed by atoms with van der Waals surface area (Å²) in [4.78, 5) is 21.8. The van der Waals surface area contributed by atoms with Crippen LogP contribution < -0.4 is 10.6 Å². The number of amides is 2. The van der Waals surface area contributed by atoms with Gasteiger partial charge in [0.2, 0.25) is 0 Å². The van der Waals surface area contributed by atoms with Gasteiger partial charge in [0.1, 0.15) is 0 Å². The van der Waals surface area contributed by atoms with Crippen molar-refractivity contribution in [2.24, 2.45) is 5.92 Å². The lowest BCUT2D eigenvalue weighted by molar-refractivity contribution is -0.137. The first-order valence-corrected chi connectivity index (χ1v) is 6.13. The summed E-state index contributed by atoms with van der Waals surface area (Å²) in [5, 5.41) is 23.6. The van der Waals surface area contributed by atoms with Crippen LogP contribution in [0.4, 0.5) is 4.79 Å². The van der Waals surface area contributed by atoms with Crippen molar-refractivity contribution in [3.63, 3.8) is 0 Å². The Morgan fingerprint density at radius 1 is 1.28 bits per heavy atom. The molecule has 0 heterocycles. The summed E-state index contributed by atoms with van der Waals surface area (Å²) < 4.78 is 0. The molecule has 0 aliphatic rings. The van der Waals surface area contributed by atoms with Gasteiger partial charge >= 0.3 is 12.0 Å². The monoisotopic (exact) mass is 260 g/mol. The zero-order valence-corrected chi connectivity index (χ0v) is 11.5. The number of aliphatic hydroxyl groups is 1. The van der Waals surface area contributed by atoms with E-state index >= 15 is 0 Å². The number of carbonyl (C=O) groups is 2. The van der Waals surface area contributed by atoms with Crippen LogP contribution in [0.3, 0.4) is 0 Å². The molecule has 0 spiro atoms. The number of urea groups is 1. The van der Waals surface area contributed by atoms with Gasteiger partial charge in [-0.05, 0) is 26.2 Å². The van der Waals surface area contributed by atoms with Gasteiger partial charge in [0, 0.05) is 13.0 Å². The Morgan fingerprint density at radius 2 is 1.83 bits per heavy atom. The third-order valence-electron chi connectivity index (χ3n) is 2.57. The van der Waals surface area contributed by atoms with Crippen LogP contribution in [-0.2, 0) is 4.79 Å². The maximum absolute atomic E-state index is 11.6. The Balaban J connectivity index is 4.08. The Labute approximate surface area is 108 Å². The predicted octanol–water partition coefficient (Wildman–Crippen LogP) is 0.946. The van der Waals surface area contributed by atoms with Crippen molar-refractivity contribution < 1.29 is 19.8 Å². The average molecular weight is 260 g/mol. The van der Waals surface area contributed by atoms with Crippen LogP contribution in [0.25, 0.3) is 0 Å². The van der Waals surface area contributed by atoms with Gasteiger partial charge in [-0.2, -0.15) is 0 Å². The Hall–Kier alpha value is -1.30. The molecule has 0 fully saturated rings. The van der Waals surface area contributed by atoms with E-state index in [1.54, 1.807) is 13.8 Å². The lowest BCUT2D eigenvalue weighted by Gasteiger charge is -2.33. The van der Waals surface area contributed by atoms with Crippen molar-refractivity contribution in [3.8, 4) is 0 Å². The van der Waals surface area contributed by atoms with Gasteiger partial charge in [0.25, 0.3) is 0 Å². The maximum atomic E-state index is 11.6. The molecule has 0 aliphatic carbocycles. The summed E-state index contributed by atoms with van der Waals surface area (Å²) in [6, 6.07) is -0.752. The molecule has 4 N–H and O–H groups in total. The minimum Gasteiger partial charge on any atom is -0.481 e. The number of nitrogens with one attached hydrogen (secondary N) is 2. The molecule has 0 bridgehead atoms. The summed E-state index contributed by atoms with van der Waals surface area (Å²) in [5.41, 5.74) is -1.01. The molecule has 6 heteroatoms. The summed E-state index contributed by atoms with van der Waals surface area (Å²) in [6.45, 7) is 7.40. The van der Waals surface area contributed by atoms with Crippen LogP contribution >= 0.6 is 0 Å². The lowest BCUT2D eigenvalue weighted by atomic mass is 9.89. The molecule has 0 aromatic carbocycles. The SMILES string of the molecule is CC(C)[C@H](NC(=O)NCCCC(=O)O)C(C)(C)O. The highest BCUT2D eigenvalue weighted by molar-refractivity contribution is 5.74. The van der Waals surface area contributed by atoms with E-state index in [1.807, 2.05) is 13.8 Å². The van der Waals surface area contributed by atoms with Crippen molar-refractivity contribution in [3.05, 3.63) is 0 Å². The van der Waals surface area contributed by atoms with E-state index in [2.05, 4.69) is 10.6 Å². The molecule has 0 saturated heterocycles. The summed E-state index contributed by atoms with van der Waals surface area (Å²) in [6.07, 6.45) is 0.414. The van der Waals surface area contributed by atoms with Gasteiger partial charge < -0.3 is 20.8 Å². The van der Waals surface area contributed by atoms with Crippen molar-refractivity contribution >= 4 is 12.0 Å². The molecular formula is C12H24N2O4. The molecule has 0 rings (SSSR count). The van der Waals surface area contributed by atoms with Crippen LogP contribution in [0.15, 0.2) is 0 Å². The molecule has 0 unspecified atom stereocenters. The van der Waals surface area contributed by atoms with Crippen molar-refractivity contribution in [1.82, 2.24) is 10.6 Å². The molecule has 6 nitrogen and oxygen atoms in total. The molecule has 2 amide bonds. The normalized spacial score (nSPS) is 13.2. The van der Waals surface area contributed by atoms with E-state index in [4.69, 9.17) is 5.11 Å². The minimum absolute atomic E-state index is 0.0272. The average Bonchev–Trinajstić information content (AvgIpc) is 2.18. The second kappa shape index (κ2) is 7.20. The Bertz CT molecular complexity index is 284. The molecule has 18 heavy (non-hydrogen) atoms. The zero-order chi connectivity index (χ0) is 14.3. The first-order chi connectivity index (χ1) is 8.14. The second-order valence-corrected chi connectivity index (χ2v) is 5.27. The minimum atomic E-state index is -1.01. The zero-order valence-electron chi connectivity index (χ0n) is 11.5. The highest BCUT2D eigenvalue weighted by Crippen LogP contribution is 2.16. The number of rotatable bonds is 7. The lowest BCUT2D eigenvalue weighted by Crippen LogP contribution is -2.54. The Kier molecular flexibility index (Phi) is 6.68. The van der Waals surface area contributed by atoms with Crippen molar-refractivity contribution in [2.75, 3.05) is 6.54 Å².